The molecule has 1 aliphatic rings. The molecule has 1 amide bonds. The monoisotopic (exact) mass is 420 g/mol. The van der Waals surface area contributed by atoms with Crippen molar-refractivity contribution in [2.45, 2.75) is 38.1 Å². The fourth-order valence-corrected chi connectivity index (χ4v) is 5.67. The van der Waals surface area contributed by atoms with Crippen LogP contribution in [0.25, 0.3) is 0 Å². The number of amides is 1. The predicted molar refractivity (Wildman–Crippen MR) is 111 cm³/mol. The van der Waals surface area contributed by atoms with E-state index in [1.165, 1.54) is 10.4 Å². The first-order chi connectivity index (χ1) is 13.2. The molecule has 1 atom stereocenters. The van der Waals surface area contributed by atoms with E-state index >= 15 is 0 Å². The number of aryl methyl sites for hydroxylation is 1. The molecule has 28 heavy (non-hydrogen) atoms. The van der Waals surface area contributed by atoms with Gasteiger partial charge in [0.2, 0.25) is 15.9 Å². The van der Waals surface area contributed by atoms with Crippen LogP contribution in [-0.2, 0) is 21.4 Å². The number of halogens is 1. The highest BCUT2D eigenvalue weighted by molar-refractivity contribution is 7.89. The van der Waals surface area contributed by atoms with Crippen LogP contribution >= 0.6 is 11.6 Å². The van der Waals surface area contributed by atoms with E-state index in [0.29, 0.717) is 25.9 Å². The highest BCUT2D eigenvalue weighted by Gasteiger charge is 2.42. The molecule has 0 radical (unpaired) electrons. The van der Waals surface area contributed by atoms with E-state index in [2.05, 4.69) is 5.32 Å². The minimum absolute atomic E-state index is 0.0845. The lowest BCUT2D eigenvalue weighted by atomic mass is 9.82. The number of nitrogens with one attached hydrogen (secondary N) is 1. The molecule has 1 aliphatic heterocycles. The summed E-state index contributed by atoms with van der Waals surface area (Å²) in [5, 5.41) is 3.18. The van der Waals surface area contributed by atoms with Gasteiger partial charge in [-0.2, -0.15) is 4.31 Å². The number of sulfonamides is 1. The third-order valence-corrected chi connectivity index (χ3v) is 7.71. The highest BCUT2D eigenvalue weighted by Crippen LogP contribution is 2.34. The number of hydrogen-bond donors (Lipinski definition) is 1. The van der Waals surface area contributed by atoms with E-state index in [1.54, 1.807) is 18.2 Å². The van der Waals surface area contributed by atoms with Gasteiger partial charge in [-0.05, 0) is 49.9 Å². The Morgan fingerprint density at radius 2 is 1.86 bits per heavy atom. The summed E-state index contributed by atoms with van der Waals surface area (Å²) in [4.78, 5) is 13.0. The first kappa shape index (κ1) is 20.8. The fourth-order valence-electron chi connectivity index (χ4n) is 3.57. The van der Waals surface area contributed by atoms with Crippen LogP contribution in [0.15, 0.2) is 53.4 Å². The van der Waals surface area contributed by atoms with E-state index in [4.69, 9.17) is 11.6 Å². The van der Waals surface area contributed by atoms with Gasteiger partial charge in [0, 0.05) is 19.6 Å². The number of rotatable bonds is 5. The number of piperidine rings is 1. The van der Waals surface area contributed by atoms with Crippen LogP contribution in [0.1, 0.15) is 30.9 Å². The van der Waals surface area contributed by atoms with Crippen LogP contribution in [0, 0.1) is 12.3 Å². The molecule has 0 aliphatic carbocycles. The maximum atomic E-state index is 13.1. The van der Waals surface area contributed by atoms with Crippen molar-refractivity contribution in [2.75, 3.05) is 13.1 Å². The molecule has 0 bridgehead atoms. The number of carbonyl (C=O) groups excluding carboxylic acids is 1. The van der Waals surface area contributed by atoms with Crippen molar-refractivity contribution < 1.29 is 13.2 Å². The molecule has 3 rings (SSSR count). The molecule has 150 valence electrons. The smallest absolute Gasteiger partial charge is 0.244 e. The normalized spacial score (nSPS) is 20.7. The van der Waals surface area contributed by atoms with Crippen LogP contribution in [0.5, 0.6) is 0 Å². The summed E-state index contributed by atoms with van der Waals surface area (Å²) in [5.74, 6) is -0.130. The van der Waals surface area contributed by atoms with Crippen molar-refractivity contribution in [1.82, 2.24) is 9.62 Å². The summed E-state index contributed by atoms with van der Waals surface area (Å²) in [7, 11) is -3.75. The second kappa shape index (κ2) is 8.23. The Labute approximate surface area is 171 Å². The summed E-state index contributed by atoms with van der Waals surface area (Å²) in [5.41, 5.74) is 1.38. The van der Waals surface area contributed by atoms with E-state index in [1.807, 2.05) is 38.1 Å². The molecular weight excluding hydrogens is 396 g/mol. The van der Waals surface area contributed by atoms with Crippen LogP contribution in [0.3, 0.4) is 0 Å². The van der Waals surface area contributed by atoms with Gasteiger partial charge in [-0.1, -0.05) is 48.0 Å². The SMILES string of the molecule is Cc1ccccc1CNC(=O)[C@@]1(C)CCCN(S(=O)(=O)c2ccccc2Cl)C1. The quantitative estimate of drug-likeness (QED) is 0.800. The van der Waals surface area contributed by atoms with Gasteiger partial charge in [-0.25, -0.2) is 8.42 Å². The number of carbonyl (C=O) groups is 1. The molecule has 0 unspecified atom stereocenters. The van der Waals surface area contributed by atoms with E-state index in [9.17, 15) is 13.2 Å². The molecule has 7 heteroatoms. The van der Waals surface area contributed by atoms with Crippen LogP contribution < -0.4 is 5.32 Å². The van der Waals surface area contributed by atoms with Gasteiger partial charge >= 0.3 is 0 Å². The summed E-state index contributed by atoms with van der Waals surface area (Å²) < 4.78 is 27.5. The van der Waals surface area contributed by atoms with Crippen molar-refractivity contribution in [3.05, 3.63) is 64.7 Å². The molecule has 1 fully saturated rings. The average molecular weight is 421 g/mol. The lowest BCUT2D eigenvalue weighted by molar-refractivity contribution is -0.132. The summed E-state index contributed by atoms with van der Waals surface area (Å²) >= 11 is 6.11. The first-order valence-electron chi connectivity index (χ1n) is 9.31. The third-order valence-electron chi connectivity index (χ3n) is 5.36. The van der Waals surface area contributed by atoms with Crippen molar-refractivity contribution in [2.24, 2.45) is 5.41 Å². The second-order valence-electron chi connectivity index (χ2n) is 7.54. The second-order valence-corrected chi connectivity index (χ2v) is 9.86. The van der Waals surface area contributed by atoms with E-state index in [-0.39, 0.29) is 22.4 Å². The first-order valence-corrected chi connectivity index (χ1v) is 11.1. The lowest BCUT2D eigenvalue weighted by Crippen LogP contribution is -2.51. The maximum Gasteiger partial charge on any atom is 0.244 e. The van der Waals surface area contributed by atoms with Gasteiger partial charge in [-0.3, -0.25) is 4.79 Å². The van der Waals surface area contributed by atoms with Gasteiger partial charge in [0.05, 0.1) is 10.4 Å². The Morgan fingerprint density at radius 1 is 1.18 bits per heavy atom. The summed E-state index contributed by atoms with van der Waals surface area (Å²) in [6.45, 7) is 4.78. The van der Waals surface area contributed by atoms with Gasteiger partial charge in [0.1, 0.15) is 4.90 Å². The summed E-state index contributed by atoms with van der Waals surface area (Å²) in [6.07, 6.45) is 1.26. The van der Waals surface area contributed by atoms with Crippen LogP contribution in [-0.4, -0.2) is 31.7 Å². The molecule has 5 nitrogen and oxygen atoms in total. The lowest BCUT2D eigenvalue weighted by Gasteiger charge is -2.38. The average Bonchev–Trinajstić information content (AvgIpc) is 2.67. The Morgan fingerprint density at radius 3 is 2.57 bits per heavy atom. The summed E-state index contributed by atoms with van der Waals surface area (Å²) in [6, 6.07) is 14.3. The van der Waals surface area contributed by atoms with Crippen molar-refractivity contribution in [1.29, 1.82) is 0 Å². The predicted octanol–water partition coefficient (Wildman–Crippen LogP) is 3.76. The Balaban J connectivity index is 1.75. The fraction of sp³-hybridized carbons (Fsp3) is 0.381. The molecule has 0 saturated carbocycles. The molecule has 2 aromatic rings. The molecule has 0 spiro atoms. The highest BCUT2D eigenvalue weighted by atomic mass is 35.5. The van der Waals surface area contributed by atoms with Gasteiger partial charge < -0.3 is 5.32 Å². The topological polar surface area (TPSA) is 66.5 Å². The zero-order valence-electron chi connectivity index (χ0n) is 16.1. The molecule has 0 aromatic heterocycles. The van der Waals surface area contributed by atoms with Crippen LogP contribution in [0.2, 0.25) is 5.02 Å². The molecule has 2 aromatic carbocycles. The zero-order valence-corrected chi connectivity index (χ0v) is 17.7. The van der Waals surface area contributed by atoms with Gasteiger partial charge in [0.25, 0.3) is 0 Å². The Hall–Kier alpha value is -1.89. The van der Waals surface area contributed by atoms with E-state index in [0.717, 1.165) is 11.1 Å². The minimum atomic E-state index is -3.75. The molecule has 1 saturated heterocycles. The minimum Gasteiger partial charge on any atom is -0.352 e. The maximum absolute atomic E-state index is 13.1. The Kier molecular flexibility index (Phi) is 6.12. The molecule has 1 heterocycles. The largest absolute Gasteiger partial charge is 0.352 e. The van der Waals surface area contributed by atoms with Gasteiger partial charge in [-0.15, -0.1) is 0 Å². The van der Waals surface area contributed by atoms with Gasteiger partial charge in [0.15, 0.2) is 0 Å². The molecule has 1 N–H and O–H groups in total. The van der Waals surface area contributed by atoms with Crippen molar-refractivity contribution in [3.8, 4) is 0 Å². The molecular formula is C21H25ClN2O3S. The Bertz CT molecular complexity index is 977. The van der Waals surface area contributed by atoms with E-state index < -0.39 is 15.4 Å². The number of nitrogens with zero attached hydrogens (tertiary/aromatic N) is 1. The van der Waals surface area contributed by atoms with Crippen molar-refractivity contribution in [3.63, 3.8) is 0 Å². The van der Waals surface area contributed by atoms with Crippen molar-refractivity contribution >= 4 is 27.5 Å². The number of benzene rings is 2. The standard InChI is InChI=1S/C21H25ClN2O3S/c1-16-8-3-4-9-17(16)14-23-20(25)21(2)12-7-13-24(15-21)28(26,27)19-11-6-5-10-18(19)22/h3-6,8-11H,7,12-15H2,1-2H3,(H,23,25)/t21-/m0/s1. The number of hydrogen-bond acceptors (Lipinski definition) is 3. The zero-order chi connectivity index (χ0) is 20.4. The third kappa shape index (κ3) is 4.24. The van der Waals surface area contributed by atoms with Crippen LogP contribution in [0.4, 0.5) is 0 Å².